The minimum atomic E-state index is -0.668. The summed E-state index contributed by atoms with van der Waals surface area (Å²) in [6, 6.07) is 7.28. The molecule has 0 saturated carbocycles. The number of carbonyl (C=O) groups excluding carboxylic acids is 1. The van der Waals surface area contributed by atoms with Crippen molar-refractivity contribution in [1.82, 2.24) is 5.48 Å². The minimum Gasteiger partial charge on any atom is -0.399 e. The average Bonchev–Trinajstić information content (AvgIpc) is 2.25. The van der Waals surface area contributed by atoms with Gasteiger partial charge in [-0.3, -0.25) is 9.63 Å². The summed E-state index contributed by atoms with van der Waals surface area (Å²) in [5.41, 5.74) is 8.64. The lowest BCUT2D eigenvalue weighted by Gasteiger charge is -2.27. The molecule has 100 valence electrons. The third-order valence-corrected chi connectivity index (χ3v) is 2.65. The Hall–Kier alpha value is -1.55. The molecule has 0 fully saturated rings. The molecule has 4 heteroatoms. The van der Waals surface area contributed by atoms with Gasteiger partial charge in [0.15, 0.2) is 0 Å². The highest BCUT2D eigenvalue weighted by Gasteiger charge is 2.30. The number of rotatable bonds is 3. The first-order valence-corrected chi connectivity index (χ1v) is 5.97. The number of nitrogens with two attached hydrogens (primary N) is 1. The highest BCUT2D eigenvalue weighted by atomic mass is 16.7. The minimum absolute atomic E-state index is 0.179. The molecular formula is C14H22N2O2. The Kier molecular flexibility index (Phi) is 4.02. The third kappa shape index (κ3) is 3.74. The van der Waals surface area contributed by atoms with Gasteiger partial charge in [-0.1, -0.05) is 12.1 Å². The quantitative estimate of drug-likeness (QED) is 0.639. The largest absolute Gasteiger partial charge is 0.399 e. The van der Waals surface area contributed by atoms with Crippen LogP contribution in [0.2, 0.25) is 0 Å². The van der Waals surface area contributed by atoms with E-state index in [1.54, 1.807) is 12.1 Å². The van der Waals surface area contributed by atoms with Crippen LogP contribution >= 0.6 is 0 Å². The Bertz CT molecular complexity index is 416. The summed E-state index contributed by atoms with van der Waals surface area (Å²) < 4.78 is 0. The summed E-state index contributed by atoms with van der Waals surface area (Å²) in [7, 11) is 0. The molecule has 4 nitrogen and oxygen atoms in total. The van der Waals surface area contributed by atoms with Crippen molar-refractivity contribution in [2.45, 2.75) is 45.6 Å². The van der Waals surface area contributed by atoms with Crippen LogP contribution in [0.15, 0.2) is 24.3 Å². The van der Waals surface area contributed by atoms with Crippen molar-refractivity contribution in [3.63, 3.8) is 0 Å². The number of hydrogen-bond acceptors (Lipinski definition) is 3. The predicted molar refractivity (Wildman–Crippen MR) is 72.9 cm³/mol. The van der Waals surface area contributed by atoms with Crippen LogP contribution < -0.4 is 11.2 Å². The van der Waals surface area contributed by atoms with Gasteiger partial charge in [0.25, 0.3) is 5.91 Å². The zero-order chi connectivity index (χ0) is 14.0. The predicted octanol–water partition coefficient (Wildman–Crippen LogP) is 2.39. The van der Waals surface area contributed by atoms with Crippen molar-refractivity contribution in [1.29, 1.82) is 0 Å². The Morgan fingerprint density at radius 1 is 1.11 bits per heavy atom. The highest BCUT2D eigenvalue weighted by Crippen LogP contribution is 2.24. The monoisotopic (exact) mass is 250 g/mol. The molecule has 0 bridgehead atoms. The molecule has 1 aromatic rings. The third-order valence-electron chi connectivity index (χ3n) is 2.65. The number of anilines is 1. The van der Waals surface area contributed by atoms with Gasteiger partial charge in [0.2, 0.25) is 0 Å². The van der Waals surface area contributed by atoms with Gasteiger partial charge >= 0.3 is 0 Å². The number of hydroxylamine groups is 1. The zero-order valence-corrected chi connectivity index (χ0v) is 11.7. The summed E-state index contributed by atoms with van der Waals surface area (Å²) in [5.74, 6) is -0.179. The molecule has 0 radical (unpaired) electrons. The van der Waals surface area contributed by atoms with Crippen LogP contribution in [0.3, 0.4) is 0 Å². The van der Waals surface area contributed by atoms with Crippen LogP contribution in [0, 0.1) is 0 Å². The number of amides is 1. The van der Waals surface area contributed by atoms with Gasteiger partial charge in [-0.05, 0) is 52.3 Å². The topological polar surface area (TPSA) is 64.3 Å². The summed E-state index contributed by atoms with van der Waals surface area (Å²) in [5, 5.41) is 0. The van der Waals surface area contributed by atoms with E-state index in [9.17, 15) is 4.79 Å². The van der Waals surface area contributed by atoms with Gasteiger partial charge < -0.3 is 5.73 Å². The first kappa shape index (κ1) is 14.5. The second kappa shape index (κ2) is 4.98. The maximum absolute atomic E-state index is 12.1. The number of carbonyl (C=O) groups is 1. The highest BCUT2D eigenvalue weighted by molar-refractivity contribution is 5.86. The van der Waals surface area contributed by atoms with Crippen molar-refractivity contribution in [2.75, 3.05) is 5.73 Å². The van der Waals surface area contributed by atoms with Crippen LogP contribution in [-0.4, -0.2) is 11.5 Å². The number of hydrogen-bond donors (Lipinski definition) is 2. The summed E-state index contributed by atoms with van der Waals surface area (Å²) in [4.78, 5) is 17.4. The normalized spacial score (nSPS) is 12.3. The van der Waals surface area contributed by atoms with Gasteiger partial charge in [-0.15, -0.1) is 0 Å². The van der Waals surface area contributed by atoms with Gasteiger partial charge in [0.05, 0.1) is 11.0 Å². The van der Waals surface area contributed by atoms with Crippen molar-refractivity contribution in [3.8, 4) is 0 Å². The molecule has 0 saturated heterocycles. The van der Waals surface area contributed by atoms with Gasteiger partial charge in [0.1, 0.15) is 0 Å². The van der Waals surface area contributed by atoms with E-state index in [0.717, 1.165) is 5.56 Å². The lowest BCUT2D eigenvalue weighted by atomic mass is 9.84. The van der Waals surface area contributed by atoms with E-state index in [1.165, 1.54) is 0 Å². The van der Waals surface area contributed by atoms with Crippen LogP contribution in [0.1, 0.15) is 40.2 Å². The Morgan fingerprint density at radius 3 is 2.06 bits per heavy atom. The van der Waals surface area contributed by atoms with E-state index in [1.807, 2.05) is 46.8 Å². The fraction of sp³-hybridized carbons (Fsp3) is 0.500. The van der Waals surface area contributed by atoms with Crippen LogP contribution in [0.4, 0.5) is 5.69 Å². The molecule has 0 aliphatic carbocycles. The molecular weight excluding hydrogens is 228 g/mol. The molecule has 3 N–H and O–H groups in total. The number of benzene rings is 1. The van der Waals surface area contributed by atoms with E-state index in [-0.39, 0.29) is 5.91 Å². The van der Waals surface area contributed by atoms with Gasteiger partial charge in [-0.25, -0.2) is 5.48 Å². The molecule has 1 rings (SSSR count). The van der Waals surface area contributed by atoms with E-state index >= 15 is 0 Å². The first-order valence-electron chi connectivity index (χ1n) is 5.97. The molecule has 1 amide bonds. The van der Waals surface area contributed by atoms with E-state index < -0.39 is 11.0 Å². The Labute approximate surface area is 108 Å². The Balaban J connectivity index is 2.79. The fourth-order valence-corrected chi connectivity index (χ4v) is 1.36. The maximum atomic E-state index is 12.1. The molecule has 0 heterocycles. The summed E-state index contributed by atoms with van der Waals surface area (Å²) >= 11 is 0. The fourth-order valence-electron chi connectivity index (χ4n) is 1.36. The summed E-state index contributed by atoms with van der Waals surface area (Å²) in [6.45, 7) is 9.33. The van der Waals surface area contributed by atoms with Crippen molar-refractivity contribution in [3.05, 3.63) is 29.8 Å². The molecule has 1 aromatic carbocycles. The molecule has 0 unspecified atom stereocenters. The lowest BCUT2D eigenvalue weighted by Crippen LogP contribution is -2.43. The Morgan fingerprint density at radius 2 is 1.61 bits per heavy atom. The molecule has 0 aliphatic rings. The molecule has 0 aliphatic heterocycles. The smallest absolute Gasteiger partial charge is 0.253 e. The molecule has 18 heavy (non-hydrogen) atoms. The number of nitrogens with one attached hydrogen (secondary N) is 1. The zero-order valence-electron chi connectivity index (χ0n) is 11.7. The van der Waals surface area contributed by atoms with E-state index in [4.69, 9.17) is 10.6 Å². The van der Waals surface area contributed by atoms with Crippen molar-refractivity contribution in [2.24, 2.45) is 0 Å². The average molecular weight is 250 g/mol. The van der Waals surface area contributed by atoms with Crippen LogP contribution in [0.25, 0.3) is 0 Å². The van der Waals surface area contributed by atoms with Gasteiger partial charge in [0, 0.05) is 5.69 Å². The van der Waals surface area contributed by atoms with Crippen molar-refractivity contribution >= 4 is 11.6 Å². The summed E-state index contributed by atoms with van der Waals surface area (Å²) in [6.07, 6.45) is 0. The van der Waals surface area contributed by atoms with Crippen LogP contribution in [0.5, 0.6) is 0 Å². The van der Waals surface area contributed by atoms with E-state index in [2.05, 4.69) is 5.48 Å². The second-order valence-electron chi connectivity index (χ2n) is 5.89. The molecule has 0 spiro atoms. The molecule has 0 atom stereocenters. The second-order valence-corrected chi connectivity index (χ2v) is 5.89. The lowest BCUT2D eigenvalue weighted by molar-refractivity contribution is -0.150. The number of nitrogen functional groups attached to an aromatic ring is 1. The molecule has 0 aromatic heterocycles. The van der Waals surface area contributed by atoms with E-state index in [0.29, 0.717) is 5.69 Å². The van der Waals surface area contributed by atoms with Crippen molar-refractivity contribution < 1.29 is 9.63 Å². The standard InChI is InChI=1S/C14H22N2O2/c1-13(2,3)18-16-12(17)14(4,5)10-6-8-11(15)9-7-10/h6-9H,15H2,1-5H3,(H,16,17). The maximum Gasteiger partial charge on any atom is 0.253 e. The van der Waals surface area contributed by atoms with Gasteiger partial charge in [-0.2, -0.15) is 0 Å². The first-order chi connectivity index (χ1) is 8.13. The SMILES string of the molecule is CC(C)(C)ONC(=O)C(C)(C)c1ccc(N)cc1. The van der Waals surface area contributed by atoms with Crippen LogP contribution in [-0.2, 0) is 15.0 Å².